The van der Waals surface area contributed by atoms with Crippen LogP contribution in [-0.4, -0.2) is 41.0 Å². The molecule has 1 aromatic rings. The van der Waals surface area contributed by atoms with E-state index in [0.717, 1.165) is 42.5 Å². The summed E-state index contributed by atoms with van der Waals surface area (Å²) >= 11 is 0. The van der Waals surface area contributed by atoms with Crippen LogP contribution >= 0.6 is 0 Å². The van der Waals surface area contributed by atoms with Crippen molar-refractivity contribution < 1.29 is 35.8 Å². The van der Waals surface area contributed by atoms with Gasteiger partial charge in [0.15, 0.2) is 0 Å². The molecule has 0 spiro atoms. The number of hydrogen-bond acceptors (Lipinski definition) is 8. The predicted molar refractivity (Wildman–Crippen MR) is 95.0 cm³/mol. The van der Waals surface area contributed by atoms with E-state index in [4.69, 9.17) is 0 Å². The zero-order valence-electron chi connectivity index (χ0n) is 13.6. The molecular weight excluding hydrogens is 420 g/mol. The van der Waals surface area contributed by atoms with Gasteiger partial charge in [0.05, 0.1) is 9.85 Å². The minimum Gasteiger partial charge on any atom is -0.285 e. The minimum atomic E-state index is -4.85. The van der Waals surface area contributed by atoms with Crippen molar-refractivity contribution in [3.63, 3.8) is 0 Å². The predicted octanol–water partition coefficient (Wildman–Crippen LogP) is 1.46. The molecule has 2 atom stereocenters. The van der Waals surface area contributed by atoms with E-state index in [1.807, 2.05) is 0 Å². The summed E-state index contributed by atoms with van der Waals surface area (Å²) in [4.78, 5) is 19.1. The fourth-order valence-electron chi connectivity index (χ4n) is 2.45. The van der Waals surface area contributed by atoms with Gasteiger partial charge in [-0.3, -0.25) is 29.3 Å². The van der Waals surface area contributed by atoms with Gasteiger partial charge >= 0.3 is 0 Å². The molecule has 14 heteroatoms. The van der Waals surface area contributed by atoms with Crippen molar-refractivity contribution in [1.29, 1.82) is 0 Å². The molecule has 1 aromatic carbocycles. The van der Waals surface area contributed by atoms with Crippen molar-refractivity contribution in [3.8, 4) is 0 Å². The van der Waals surface area contributed by atoms with Crippen molar-refractivity contribution >= 4 is 32.0 Å². The first-order valence-electron chi connectivity index (χ1n) is 7.25. The Morgan fingerprint density at radius 3 is 2.18 bits per heavy atom. The summed E-state index contributed by atoms with van der Waals surface area (Å²) in [5.74, 6) is -1.11. The number of benzene rings is 1. The molecule has 0 bridgehead atoms. The van der Waals surface area contributed by atoms with E-state index >= 15 is 0 Å². The topological polar surface area (TPSA) is 195 Å². The molecule has 0 amide bonds. The molecular formula is C14H12N2O10S2. The van der Waals surface area contributed by atoms with Crippen LogP contribution in [0, 0.1) is 26.1 Å². The average molecular weight is 432 g/mol. The number of nitro benzene ring substituents is 1. The highest BCUT2D eigenvalue weighted by Gasteiger charge is 2.33. The SMILES string of the molecule is O=[N+]([O-])C1=CC(S(=O)(=O)O)C(/C=C\c2ccc([N+](=O)[O-])cc2S(=O)(=O)O)C=C1. The molecule has 1 aliphatic carbocycles. The first kappa shape index (κ1) is 21.4. The molecule has 0 radical (unpaired) electrons. The van der Waals surface area contributed by atoms with Gasteiger partial charge in [0.2, 0.25) is 0 Å². The summed E-state index contributed by atoms with van der Waals surface area (Å²) in [6.45, 7) is 0. The van der Waals surface area contributed by atoms with Crippen LogP contribution in [0.15, 0.2) is 53.1 Å². The van der Waals surface area contributed by atoms with Crippen molar-refractivity contribution in [2.45, 2.75) is 10.1 Å². The van der Waals surface area contributed by atoms with Crippen LogP contribution in [0.4, 0.5) is 5.69 Å². The number of nitrogens with zero attached hydrogens (tertiary/aromatic N) is 2. The smallest absolute Gasteiger partial charge is 0.285 e. The normalized spacial score (nSPS) is 20.1. The highest BCUT2D eigenvalue weighted by molar-refractivity contribution is 7.86. The average Bonchev–Trinajstić information content (AvgIpc) is 2.57. The second-order valence-corrected chi connectivity index (χ2v) is 8.54. The molecule has 2 rings (SSSR count). The van der Waals surface area contributed by atoms with Gasteiger partial charge < -0.3 is 0 Å². The second-order valence-electron chi connectivity index (χ2n) is 5.58. The largest absolute Gasteiger partial charge is 0.295 e. The molecule has 0 fully saturated rings. The van der Waals surface area contributed by atoms with E-state index in [1.165, 1.54) is 0 Å². The molecule has 0 saturated heterocycles. The second kappa shape index (κ2) is 7.59. The number of rotatable bonds is 6. The van der Waals surface area contributed by atoms with E-state index in [-0.39, 0.29) is 5.56 Å². The molecule has 0 saturated carbocycles. The van der Waals surface area contributed by atoms with E-state index in [0.29, 0.717) is 6.07 Å². The van der Waals surface area contributed by atoms with E-state index in [2.05, 4.69) is 0 Å². The Hall–Kier alpha value is -2.94. The van der Waals surface area contributed by atoms with E-state index in [9.17, 15) is 46.2 Å². The van der Waals surface area contributed by atoms with E-state index in [1.54, 1.807) is 0 Å². The lowest BCUT2D eigenvalue weighted by Crippen LogP contribution is -2.28. The number of hydrogen-bond donors (Lipinski definition) is 2. The Morgan fingerprint density at radius 2 is 1.68 bits per heavy atom. The Balaban J connectivity index is 2.49. The van der Waals surface area contributed by atoms with Gasteiger partial charge in [-0.15, -0.1) is 0 Å². The van der Waals surface area contributed by atoms with Crippen molar-refractivity contribution in [1.82, 2.24) is 0 Å². The molecule has 2 N–H and O–H groups in total. The zero-order chi connectivity index (χ0) is 21.3. The quantitative estimate of drug-likeness (QED) is 0.377. The molecule has 28 heavy (non-hydrogen) atoms. The summed E-state index contributed by atoms with van der Waals surface area (Å²) in [5.41, 5.74) is -1.35. The summed E-state index contributed by atoms with van der Waals surface area (Å²) in [5, 5.41) is 19.9. The monoisotopic (exact) mass is 432 g/mol. The van der Waals surface area contributed by atoms with Gasteiger partial charge in [0, 0.05) is 30.2 Å². The van der Waals surface area contributed by atoms with Crippen molar-refractivity contribution in [2.75, 3.05) is 0 Å². The van der Waals surface area contributed by atoms with Crippen molar-refractivity contribution in [3.05, 3.63) is 74.0 Å². The zero-order valence-corrected chi connectivity index (χ0v) is 15.3. The molecule has 2 unspecified atom stereocenters. The lowest BCUT2D eigenvalue weighted by atomic mass is 9.97. The summed E-state index contributed by atoms with van der Waals surface area (Å²) in [7, 11) is -9.59. The first-order valence-corrected chi connectivity index (χ1v) is 10.2. The first-order chi connectivity index (χ1) is 12.8. The molecule has 0 heterocycles. The van der Waals surface area contributed by atoms with Gasteiger partial charge in [0.25, 0.3) is 31.6 Å². The van der Waals surface area contributed by atoms with Crippen LogP contribution in [0.1, 0.15) is 5.56 Å². The fourth-order valence-corrected chi connectivity index (χ4v) is 4.04. The number of non-ortho nitro benzene ring substituents is 1. The molecule has 1 aliphatic rings. The van der Waals surface area contributed by atoms with Crippen LogP contribution in [0.3, 0.4) is 0 Å². The molecule has 150 valence electrons. The lowest BCUT2D eigenvalue weighted by Gasteiger charge is -2.18. The highest BCUT2D eigenvalue weighted by Crippen LogP contribution is 2.27. The third kappa shape index (κ3) is 4.86. The van der Waals surface area contributed by atoms with Crippen LogP contribution in [0.5, 0.6) is 0 Å². The lowest BCUT2D eigenvalue weighted by molar-refractivity contribution is -0.419. The Labute approximate surface area is 158 Å². The van der Waals surface area contributed by atoms with Gasteiger partial charge in [-0.25, -0.2) is 0 Å². The maximum Gasteiger partial charge on any atom is 0.295 e. The fraction of sp³-hybridized carbons (Fsp3) is 0.143. The molecule has 0 aliphatic heterocycles. The van der Waals surface area contributed by atoms with Gasteiger partial charge in [-0.05, 0) is 11.6 Å². The summed E-state index contributed by atoms with van der Waals surface area (Å²) in [6.07, 6.45) is 5.04. The number of nitro groups is 2. The van der Waals surface area contributed by atoms with Crippen LogP contribution in [-0.2, 0) is 20.2 Å². The van der Waals surface area contributed by atoms with Crippen LogP contribution in [0.2, 0.25) is 0 Å². The number of allylic oxidation sites excluding steroid dienone is 3. The van der Waals surface area contributed by atoms with Gasteiger partial charge in [-0.1, -0.05) is 18.2 Å². The molecule has 12 nitrogen and oxygen atoms in total. The third-order valence-corrected chi connectivity index (χ3v) is 5.79. The standard InChI is InChI=1S/C14H12N2O10S2/c17-15(18)11-5-3-9(13(7-11)27(21,22)23)1-2-10-4-6-12(16(19)20)8-14(10)28(24,25)26/h1-9,13H,(H,21,22,23)(H,24,25,26)/b2-1-. The summed E-state index contributed by atoms with van der Waals surface area (Å²) < 4.78 is 64.6. The van der Waals surface area contributed by atoms with E-state index < -0.39 is 57.5 Å². The minimum absolute atomic E-state index is 0.195. The maximum absolute atomic E-state index is 11.5. The Bertz CT molecular complexity index is 1130. The Kier molecular flexibility index (Phi) is 5.79. The summed E-state index contributed by atoms with van der Waals surface area (Å²) in [6, 6.07) is 2.61. The van der Waals surface area contributed by atoms with Crippen LogP contribution < -0.4 is 0 Å². The van der Waals surface area contributed by atoms with Crippen LogP contribution in [0.25, 0.3) is 6.08 Å². The molecule has 0 aromatic heterocycles. The maximum atomic E-state index is 11.5. The van der Waals surface area contributed by atoms with Gasteiger partial charge in [0.1, 0.15) is 10.1 Å². The van der Waals surface area contributed by atoms with Crippen molar-refractivity contribution in [2.24, 2.45) is 5.92 Å². The highest BCUT2D eigenvalue weighted by atomic mass is 32.2. The Morgan fingerprint density at radius 1 is 1.04 bits per heavy atom. The third-order valence-electron chi connectivity index (χ3n) is 3.74. The van der Waals surface area contributed by atoms with Gasteiger partial charge in [-0.2, -0.15) is 16.8 Å².